The fourth-order valence-corrected chi connectivity index (χ4v) is 2.55. The van der Waals surface area contributed by atoms with E-state index in [0.29, 0.717) is 0 Å². The van der Waals surface area contributed by atoms with E-state index in [9.17, 15) is 8.42 Å². The molecule has 0 fully saturated rings. The first-order valence-electron chi connectivity index (χ1n) is 4.57. The lowest BCUT2D eigenvalue weighted by Crippen LogP contribution is -2.27. The van der Waals surface area contributed by atoms with Crippen molar-refractivity contribution in [3.05, 3.63) is 28.7 Å². The second kappa shape index (κ2) is 5.43. The summed E-state index contributed by atoms with van der Waals surface area (Å²) >= 11 is 3.24. The van der Waals surface area contributed by atoms with Gasteiger partial charge >= 0.3 is 0 Å². The molecule has 6 heteroatoms. The summed E-state index contributed by atoms with van der Waals surface area (Å²) in [6.45, 7) is 0.203. The van der Waals surface area contributed by atoms with Gasteiger partial charge in [-0.15, -0.1) is 0 Å². The van der Waals surface area contributed by atoms with Gasteiger partial charge < -0.3 is 0 Å². The Hall–Kier alpha value is -0.900. The Bertz CT molecular complexity index is 491. The molecule has 0 atom stereocenters. The number of nitrogens with zero attached hydrogens (tertiary/aromatic N) is 2. The van der Waals surface area contributed by atoms with E-state index in [-0.39, 0.29) is 17.9 Å². The Morgan fingerprint density at radius 3 is 2.44 bits per heavy atom. The zero-order valence-corrected chi connectivity index (χ0v) is 11.1. The molecule has 0 unspecified atom stereocenters. The summed E-state index contributed by atoms with van der Waals surface area (Å²) in [7, 11) is -2.00. The molecule has 0 heterocycles. The quantitative estimate of drug-likeness (QED) is 0.854. The maximum Gasteiger partial charge on any atom is 0.242 e. The van der Waals surface area contributed by atoms with Crippen LogP contribution in [-0.4, -0.2) is 26.3 Å². The Balaban J connectivity index is 2.94. The van der Waals surface area contributed by atoms with Crippen LogP contribution in [0.4, 0.5) is 0 Å². The number of halogens is 1. The number of hydrogen-bond donors (Lipinski definition) is 0. The minimum atomic E-state index is -3.47. The van der Waals surface area contributed by atoms with Crippen molar-refractivity contribution in [2.24, 2.45) is 0 Å². The van der Waals surface area contributed by atoms with Crippen LogP contribution in [0.1, 0.15) is 6.42 Å². The molecule has 1 aromatic carbocycles. The topological polar surface area (TPSA) is 61.2 Å². The maximum absolute atomic E-state index is 12.0. The van der Waals surface area contributed by atoms with Gasteiger partial charge in [0.2, 0.25) is 10.0 Å². The molecule has 0 N–H and O–H groups in total. The number of hydrogen-bond acceptors (Lipinski definition) is 3. The van der Waals surface area contributed by atoms with Gasteiger partial charge in [0.1, 0.15) is 0 Å². The van der Waals surface area contributed by atoms with E-state index in [2.05, 4.69) is 15.9 Å². The fourth-order valence-electron chi connectivity index (χ4n) is 1.11. The Labute approximate surface area is 104 Å². The minimum absolute atomic E-state index is 0.187. The second-order valence-electron chi connectivity index (χ2n) is 3.19. The molecule has 0 saturated carbocycles. The van der Waals surface area contributed by atoms with Crippen molar-refractivity contribution in [1.82, 2.24) is 4.31 Å². The number of rotatable bonds is 4. The fraction of sp³-hybridized carbons (Fsp3) is 0.300. The molecule has 86 valence electrons. The van der Waals surface area contributed by atoms with Crippen LogP contribution in [0.3, 0.4) is 0 Å². The largest absolute Gasteiger partial charge is 0.242 e. The highest BCUT2D eigenvalue weighted by atomic mass is 79.9. The molecule has 1 aromatic rings. The third kappa shape index (κ3) is 3.04. The minimum Gasteiger partial charge on any atom is -0.207 e. The van der Waals surface area contributed by atoms with Crippen molar-refractivity contribution in [2.45, 2.75) is 11.3 Å². The average molecular weight is 303 g/mol. The monoisotopic (exact) mass is 302 g/mol. The van der Waals surface area contributed by atoms with Gasteiger partial charge in [0.25, 0.3) is 0 Å². The van der Waals surface area contributed by atoms with Gasteiger partial charge in [-0.25, -0.2) is 8.42 Å². The van der Waals surface area contributed by atoms with Crippen LogP contribution in [0.25, 0.3) is 0 Å². The highest BCUT2D eigenvalue weighted by molar-refractivity contribution is 9.10. The summed E-state index contributed by atoms with van der Waals surface area (Å²) in [5, 5.41) is 8.41. The SMILES string of the molecule is CN(CCC#N)S(=O)(=O)c1ccc(Br)cc1. The molecule has 0 spiro atoms. The molecule has 0 aliphatic rings. The number of nitriles is 1. The van der Waals surface area contributed by atoms with Crippen molar-refractivity contribution >= 4 is 26.0 Å². The predicted octanol–water partition coefficient (Wildman–Crippen LogP) is 1.98. The Morgan fingerprint density at radius 1 is 1.38 bits per heavy atom. The van der Waals surface area contributed by atoms with E-state index >= 15 is 0 Å². The van der Waals surface area contributed by atoms with Crippen molar-refractivity contribution in [3.8, 4) is 6.07 Å². The standard InChI is InChI=1S/C10H11BrN2O2S/c1-13(8-2-7-12)16(14,15)10-5-3-9(11)4-6-10/h3-6H,2,8H2,1H3. The molecule has 0 amide bonds. The maximum atomic E-state index is 12.0. The lowest BCUT2D eigenvalue weighted by Gasteiger charge is -2.15. The highest BCUT2D eigenvalue weighted by Crippen LogP contribution is 2.17. The molecule has 16 heavy (non-hydrogen) atoms. The van der Waals surface area contributed by atoms with E-state index in [0.717, 1.165) is 4.47 Å². The van der Waals surface area contributed by atoms with Crippen molar-refractivity contribution in [3.63, 3.8) is 0 Å². The lowest BCUT2D eigenvalue weighted by atomic mass is 10.4. The molecule has 1 rings (SSSR count). The molecule has 0 bridgehead atoms. The summed E-state index contributed by atoms with van der Waals surface area (Å²) < 4.78 is 25.9. The molecule has 0 saturated heterocycles. The smallest absolute Gasteiger partial charge is 0.207 e. The third-order valence-corrected chi connectivity index (χ3v) is 4.46. The van der Waals surface area contributed by atoms with Crippen molar-refractivity contribution in [1.29, 1.82) is 5.26 Å². The van der Waals surface area contributed by atoms with Crippen LogP contribution in [0.2, 0.25) is 0 Å². The molecular formula is C10H11BrN2O2S. The average Bonchev–Trinajstić information content (AvgIpc) is 2.26. The van der Waals surface area contributed by atoms with Gasteiger partial charge in [-0.05, 0) is 24.3 Å². The van der Waals surface area contributed by atoms with E-state index < -0.39 is 10.0 Å². The molecule has 0 aromatic heterocycles. The predicted molar refractivity (Wildman–Crippen MR) is 64.2 cm³/mol. The van der Waals surface area contributed by atoms with E-state index in [1.165, 1.54) is 23.5 Å². The van der Waals surface area contributed by atoms with Crippen LogP contribution in [0.5, 0.6) is 0 Å². The first-order chi connectivity index (χ1) is 7.48. The summed E-state index contributed by atoms with van der Waals surface area (Å²) in [5.41, 5.74) is 0. The third-order valence-electron chi connectivity index (χ3n) is 2.06. The van der Waals surface area contributed by atoms with Gasteiger partial charge in [-0.1, -0.05) is 15.9 Å². The van der Waals surface area contributed by atoms with Gasteiger partial charge in [0, 0.05) is 24.5 Å². The zero-order valence-electron chi connectivity index (χ0n) is 8.72. The van der Waals surface area contributed by atoms with E-state index in [4.69, 9.17) is 5.26 Å². The first kappa shape index (κ1) is 13.2. The molecule has 0 radical (unpaired) electrons. The summed E-state index contributed by atoms with van der Waals surface area (Å²) in [6.07, 6.45) is 0.187. The van der Waals surface area contributed by atoms with Crippen molar-refractivity contribution < 1.29 is 8.42 Å². The molecule has 0 aliphatic heterocycles. The lowest BCUT2D eigenvalue weighted by molar-refractivity contribution is 0.476. The Morgan fingerprint density at radius 2 is 1.94 bits per heavy atom. The van der Waals surface area contributed by atoms with Crippen LogP contribution < -0.4 is 0 Å². The van der Waals surface area contributed by atoms with Gasteiger partial charge in [0.05, 0.1) is 11.0 Å². The molecular weight excluding hydrogens is 292 g/mol. The number of benzene rings is 1. The highest BCUT2D eigenvalue weighted by Gasteiger charge is 2.19. The number of sulfonamides is 1. The second-order valence-corrected chi connectivity index (χ2v) is 6.15. The van der Waals surface area contributed by atoms with Crippen LogP contribution >= 0.6 is 15.9 Å². The van der Waals surface area contributed by atoms with Gasteiger partial charge in [-0.2, -0.15) is 9.57 Å². The van der Waals surface area contributed by atoms with E-state index in [1.807, 2.05) is 6.07 Å². The van der Waals surface area contributed by atoms with Crippen molar-refractivity contribution in [2.75, 3.05) is 13.6 Å². The molecule has 0 aliphatic carbocycles. The summed E-state index contributed by atoms with van der Waals surface area (Å²) in [4.78, 5) is 0.233. The Kier molecular flexibility index (Phi) is 4.47. The normalized spacial score (nSPS) is 11.4. The summed E-state index contributed by atoms with van der Waals surface area (Å²) in [6, 6.07) is 8.32. The zero-order chi connectivity index (χ0) is 12.2. The first-order valence-corrected chi connectivity index (χ1v) is 6.80. The van der Waals surface area contributed by atoms with Crippen LogP contribution in [0.15, 0.2) is 33.6 Å². The molecule has 4 nitrogen and oxygen atoms in total. The van der Waals surface area contributed by atoms with E-state index in [1.54, 1.807) is 12.1 Å². The van der Waals surface area contributed by atoms with Crippen LogP contribution in [0, 0.1) is 11.3 Å². The van der Waals surface area contributed by atoms with Gasteiger partial charge in [0.15, 0.2) is 0 Å². The van der Waals surface area contributed by atoms with Crippen LogP contribution in [-0.2, 0) is 10.0 Å². The van der Waals surface area contributed by atoms with Gasteiger partial charge in [-0.3, -0.25) is 0 Å². The summed E-state index contributed by atoms with van der Waals surface area (Å²) in [5.74, 6) is 0.